The zero-order valence-electron chi connectivity index (χ0n) is 7.82. The van der Waals surface area contributed by atoms with Crippen LogP contribution in [0.4, 0.5) is 13.2 Å². The van der Waals surface area contributed by atoms with Gasteiger partial charge in [-0.2, -0.15) is 23.0 Å². The van der Waals surface area contributed by atoms with E-state index in [0.29, 0.717) is 0 Å². The smallest absolute Gasteiger partial charge is 0.295 e. The number of halogens is 3. The topological polar surface area (TPSA) is 50.7 Å². The molecule has 0 atom stereocenters. The molecule has 0 spiro atoms. The van der Waals surface area contributed by atoms with Crippen molar-refractivity contribution in [1.82, 2.24) is 14.8 Å². The van der Waals surface area contributed by atoms with Crippen molar-refractivity contribution in [3.05, 3.63) is 46.6 Å². The summed E-state index contributed by atoms with van der Waals surface area (Å²) in [4.78, 5) is 13.4. The van der Waals surface area contributed by atoms with Gasteiger partial charge in [-0.15, -0.1) is 0 Å². The Labute approximate surface area is 87.3 Å². The Morgan fingerprint density at radius 1 is 1.19 bits per heavy atom. The van der Waals surface area contributed by atoms with Crippen LogP contribution < -0.4 is 5.69 Å². The number of H-pyrrole nitrogens is 1. The van der Waals surface area contributed by atoms with Crippen LogP contribution >= 0.6 is 0 Å². The lowest BCUT2D eigenvalue weighted by atomic mass is 10.2. The molecule has 0 saturated heterocycles. The Kier molecular flexibility index (Phi) is 2.30. The van der Waals surface area contributed by atoms with Crippen LogP contribution in [0.1, 0.15) is 5.56 Å². The standard InChI is InChI=1S/C9H6F3N3O/c10-9(11,12)6-1-3-7(4-2-6)15-8(16)13-5-14-15/h1-5H,(H,13,14,16). The third-order valence-corrected chi connectivity index (χ3v) is 1.99. The third-order valence-electron chi connectivity index (χ3n) is 1.99. The highest BCUT2D eigenvalue weighted by Gasteiger charge is 2.30. The van der Waals surface area contributed by atoms with Crippen LogP contribution in [0.25, 0.3) is 5.69 Å². The van der Waals surface area contributed by atoms with E-state index in [1.165, 1.54) is 18.5 Å². The number of nitrogens with one attached hydrogen (secondary N) is 1. The minimum atomic E-state index is -4.38. The zero-order chi connectivity index (χ0) is 11.8. The number of benzene rings is 1. The molecule has 1 heterocycles. The van der Waals surface area contributed by atoms with Crippen molar-refractivity contribution in [2.24, 2.45) is 0 Å². The SMILES string of the molecule is O=c1[nH]cnn1-c1ccc(C(F)(F)F)cc1. The number of nitrogens with zero attached hydrogens (tertiary/aromatic N) is 2. The van der Waals surface area contributed by atoms with Crippen LogP contribution in [0.3, 0.4) is 0 Å². The number of aromatic amines is 1. The average Bonchev–Trinajstić information content (AvgIpc) is 2.63. The fourth-order valence-electron chi connectivity index (χ4n) is 1.23. The predicted octanol–water partition coefficient (Wildman–Crippen LogP) is 1.58. The van der Waals surface area contributed by atoms with Gasteiger partial charge in [-0.1, -0.05) is 0 Å². The maximum Gasteiger partial charge on any atom is 0.416 e. The van der Waals surface area contributed by atoms with Crippen LogP contribution in [0.5, 0.6) is 0 Å². The van der Waals surface area contributed by atoms with Crippen molar-refractivity contribution in [3.8, 4) is 5.69 Å². The van der Waals surface area contributed by atoms with Crippen LogP contribution in [0, 0.1) is 0 Å². The summed E-state index contributed by atoms with van der Waals surface area (Å²) >= 11 is 0. The Morgan fingerprint density at radius 2 is 1.81 bits per heavy atom. The third kappa shape index (κ3) is 1.83. The molecule has 1 aromatic heterocycles. The van der Waals surface area contributed by atoms with Crippen molar-refractivity contribution in [1.29, 1.82) is 0 Å². The first-order valence-electron chi connectivity index (χ1n) is 4.29. The van der Waals surface area contributed by atoms with Gasteiger partial charge in [0.1, 0.15) is 6.33 Å². The highest BCUT2D eigenvalue weighted by atomic mass is 19.4. The summed E-state index contributed by atoms with van der Waals surface area (Å²) in [6, 6.07) is 4.17. The molecular weight excluding hydrogens is 223 g/mol. The van der Waals surface area contributed by atoms with Crippen LogP contribution in [-0.4, -0.2) is 14.8 Å². The number of hydrogen-bond acceptors (Lipinski definition) is 2. The lowest BCUT2D eigenvalue weighted by Crippen LogP contribution is -2.16. The van der Waals surface area contributed by atoms with Crippen LogP contribution in [0.15, 0.2) is 35.4 Å². The molecule has 0 bridgehead atoms. The molecule has 0 aliphatic rings. The molecule has 1 N–H and O–H groups in total. The Balaban J connectivity index is 2.41. The minimum Gasteiger partial charge on any atom is -0.295 e. The fraction of sp³-hybridized carbons (Fsp3) is 0.111. The molecule has 0 aliphatic heterocycles. The van der Waals surface area contributed by atoms with Gasteiger partial charge >= 0.3 is 11.9 Å². The van der Waals surface area contributed by atoms with E-state index in [9.17, 15) is 18.0 Å². The summed E-state index contributed by atoms with van der Waals surface area (Å²) in [5.74, 6) is 0. The van der Waals surface area contributed by atoms with E-state index in [1.54, 1.807) is 0 Å². The second-order valence-corrected chi connectivity index (χ2v) is 3.05. The van der Waals surface area contributed by atoms with Gasteiger partial charge in [0.15, 0.2) is 0 Å². The second-order valence-electron chi connectivity index (χ2n) is 3.05. The van der Waals surface area contributed by atoms with Gasteiger partial charge in [-0.3, -0.25) is 4.98 Å². The molecule has 2 aromatic rings. The maximum atomic E-state index is 12.3. The van der Waals surface area contributed by atoms with Crippen molar-refractivity contribution in [3.63, 3.8) is 0 Å². The summed E-state index contributed by atoms with van der Waals surface area (Å²) in [6.07, 6.45) is -3.21. The van der Waals surface area contributed by atoms with E-state index in [2.05, 4.69) is 10.1 Å². The Hall–Kier alpha value is -2.05. The molecule has 4 nitrogen and oxygen atoms in total. The normalized spacial score (nSPS) is 11.7. The van der Waals surface area contributed by atoms with Gasteiger partial charge in [-0.05, 0) is 24.3 Å². The fourth-order valence-corrected chi connectivity index (χ4v) is 1.23. The Bertz CT molecular complexity index is 538. The molecule has 16 heavy (non-hydrogen) atoms. The van der Waals surface area contributed by atoms with E-state index in [4.69, 9.17) is 0 Å². The molecule has 0 aliphatic carbocycles. The first-order valence-corrected chi connectivity index (χ1v) is 4.29. The highest BCUT2D eigenvalue weighted by Crippen LogP contribution is 2.29. The highest BCUT2D eigenvalue weighted by molar-refractivity contribution is 5.34. The lowest BCUT2D eigenvalue weighted by molar-refractivity contribution is -0.137. The summed E-state index contributed by atoms with van der Waals surface area (Å²) in [5, 5.41) is 3.65. The molecule has 0 unspecified atom stereocenters. The average molecular weight is 229 g/mol. The van der Waals surface area contributed by atoms with Gasteiger partial charge in [-0.25, -0.2) is 4.79 Å². The number of aromatic nitrogens is 3. The van der Waals surface area contributed by atoms with E-state index < -0.39 is 17.4 Å². The first-order chi connectivity index (χ1) is 7.48. The number of rotatable bonds is 1. The summed E-state index contributed by atoms with van der Waals surface area (Å²) in [5.41, 5.74) is -0.987. The molecule has 0 fully saturated rings. The summed E-state index contributed by atoms with van der Waals surface area (Å²) < 4.78 is 37.7. The number of hydrogen-bond donors (Lipinski definition) is 1. The summed E-state index contributed by atoms with van der Waals surface area (Å²) in [6.45, 7) is 0. The predicted molar refractivity (Wildman–Crippen MR) is 49.2 cm³/mol. The van der Waals surface area contributed by atoms with Crippen LogP contribution in [-0.2, 0) is 6.18 Å². The monoisotopic (exact) mass is 229 g/mol. The minimum absolute atomic E-state index is 0.277. The molecule has 0 amide bonds. The van der Waals surface area contributed by atoms with Crippen LogP contribution in [0.2, 0.25) is 0 Å². The van der Waals surface area contributed by atoms with Crippen molar-refractivity contribution in [2.75, 3.05) is 0 Å². The molecule has 0 radical (unpaired) electrons. The molecule has 7 heteroatoms. The van der Waals surface area contributed by atoms with Crippen molar-refractivity contribution >= 4 is 0 Å². The first kappa shape index (κ1) is 10.5. The van der Waals surface area contributed by atoms with E-state index in [0.717, 1.165) is 16.8 Å². The zero-order valence-corrected chi connectivity index (χ0v) is 7.82. The lowest BCUT2D eigenvalue weighted by Gasteiger charge is -2.06. The van der Waals surface area contributed by atoms with Gasteiger partial charge in [0.25, 0.3) is 0 Å². The molecule has 2 rings (SSSR count). The van der Waals surface area contributed by atoms with E-state index in [1.807, 2.05) is 0 Å². The van der Waals surface area contributed by atoms with Crippen molar-refractivity contribution < 1.29 is 13.2 Å². The second kappa shape index (κ2) is 3.51. The van der Waals surface area contributed by atoms with Gasteiger partial charge in [0.2, 0.25) is 0 Å². The van der Waals surface area contributed by atoms with Gasteiger partial charge in [0.05, 0.1) is 11.3 Å². The molecule has 0 saturated carbocycles. The summed E-state index contributed by atoms with van der Waals surface area (Å²) in [7, 11) is 0. The van der Waals surface area contributed by atoms with Crippen molar-refractivity contribution in [2.45, 2.75) is 6.18 Å². The Morgan fingerprint density at radius 3 is 2.25 bits per heavy atom. The van der Waals surface area contributed by atoms with E-state index in [-0.39, 0.29) is 5.69 Å². The van der Waals surface area contributed by atoms with Gasteiger partial charge in [0, 0.05) is 0 Å². The largest absolute Gasteiger partial charge is 0.416 e. The maximum absolute atomic E-state index is 12.3. The van der Waals surface area contributed by atoms with Gasteiger partial charge < -0.3 is 0 Å². The number of alkyl halides is 3. The quantitative estimate of drug-likeness (QED) is 0.807. The molecular formula is C9H6F3N3O. The molecule has 84 valence electrons. The molecule has 1 aromatic carbocycles. The van der Waals surface area contributed by atoms with E-state index >= 15 is 0 Å².